The highest BCUT2D eigenvalue weighted by atomic mass is 32.2. The van der Waals surface area contributed by atoms with Gasteiger partial charge in [-0.1, -0.05) is 101 Å². The summed E-state index contributed by atoms with van der Waals surface area (Å²) < 4.78 is 31.7. The van der Waals surface area contributed by atoms with Gasteiger partial charge in [-0.25, -0.2) is 4.39 Å². The molecule has 1 aromatic heterocycles. The SMILES string of the molecule is COc1cc(C2C(=C(O)c3ccc(OCc4cccc(C)c4)cc3)C(=O)C(=O)N2c2nnc(SCc3ccc(F)cc3)s2)ccc1OCc1ccccc1. The lowest BCUT2D eigenvalue weighted by atomic mass is 9.95. The molecule has 2 heterocycles. The molecule has 12 heteroatoms. The van der Waals surface area contributed by atoms with Crippen LogP contribution in [0.25, 0.3) is 5.76 Å². The summed E-state index contributed by atoms with van der Waals surface area (Å²) in [7, 11) is 1.50. The van der Waals surface area contributed by atoms with E-state index in [2.05, 4.69) is 10.2 Å². The number of hydrogen-bond donors (Lipinski definition) is 1. The third-order valence-electron chi connectivity index (χ3n) is 8.68. The van der Waals surface area contributed by atoms with Crippen molar-refractivity contribution in [1.29, 1.82) is 0 Å². The van der Waals surface area contributed by atoms with Gasteiger partial charge < -0.3 is 19.3 Å². The topological polar surface area (TPSA) is 111 Å². The number of carbonyl (C=O) groups is 2. The lowest BCUT2D eigenvalue weighted by molar-refractivity contribution is -0.132. The summed E-state index contributed by atoms with van der Waals surface area (Å²) in [6, 6.07) is 34.6. The number of halogens is 1. The lowest BCUT2D eigenvalue weighted by Gasteiger charge is -2.23. The van der Waals surface area contributed by atoms with E-state index in [1.165, 1.54) is 35.9 Å². The van der Waals surface area contributed by atoms with E-state index in [1.807, 2.05) is 61.5 Å². The van der Waals surface area contributed by atoms with Crippen LogP contribution >= 0.6 is 23.1 Å². The van der Waals surface area contributed by atoms with Crippen molar-refractivity contribution in [1.82, 2.24) is 10.2 Å². The number of carbonyl (C=O) groups excluding carboxylic acids is 2. The van der Waals surface area contributed by atoms with Crippen LogP contribution in [-0.2, 0) is 28.6 Å². The van der Waals surface area contributed by atoms with Crippen molar-refractivity contribution in [2.24, 2.45) is 0 Å². The average Bonchev–Trinajstić information content (AvgIpc) is 3.77. The average molecular weight is 760 g/mol. The maximum Gasteiger partial charge on any atom is 0.301 e. The first-order valence-corrected chi connectivity index (χ1v) is 18.7. The first kappa shape index (κ1) is 36.4. The number of nitrogens with zero attached hydrogens (tertiary/aromatic N) is 3. The maximum absolute atomic E-state index is 13.9. The number of aliphatic hydroxyl groups excluding tert-OH is 1. The Hall–Kier alpha value is -5.98. The number of benzene rings is 5. The molecule has 6 aromatic rings. The minimum Gasteiger partial charge on any atom is -0.507 e. The highest BCUT2D eigenvalue weighted by Crippen LogP contribution is 2.46. The zero-order valence-corrected chi connectivity index (χ0v) is 30.9. The van der Waals surface area contributed by atoms with Gasteiger partial charge in [0, 0.05) is 11.3 Å². The van der Waals surface area contributed by atoms with Crippen molar-refractivity contribution in [2.75, 3.05) is 12.0 Å². The molecule has 0 bridgehead atoms. The lowest BCUT2D eigenvalue weighted by Crippen LogP contribution is -2.29. The van der Waals surface area contributed by atoms with Gasteiger partial charge in [0.15, 0.2) is 15.8 Å². The summed E-state index contributed by atoms with van der Waals surface area (Å²) >= 11 is 2.50. The quantitative estimate of drug-likeness (QED) is 0.0405. The van der Waals surface area contributed by atoms with Crippen LogP contribution in [0.15, 0.2) is 131 Å². The fraction of sp³-hybridized carbons (Fsp3) is 0.143. The third kappa shape index (κ3) is 8.14. The molecule has 272 valence electrons. The van der Waals surface area contributed by atoms with Gasteiger partial charge in [-0.15, -0.1) is 10.2 Å². The van der Waals surface area contributed by atoms with Crippen LogP contribution in [0.3, 0.4) is 0 Å². The van der Waals surface area contributed by atoms with Gasteiger partial charge in [0.05, 0.1) is 18.7 Å². The number of ether oxygens (including phenoxy) is 3. The molecule has 5 aromatic carbocycles. The Morgan fingerprint density at radius 2 is 1.56 bits per heavy atom. The fourth-order valence-electron chi connectivity index (χ4n) is 5.97. The third-order valence-corrected chi connectivity index (χ3v) is 10.8. The van der Waals surface area contributed by atoms with E-state index in [4.69, 9.17) is 14.2 Å². The van der Waals surface area contributed by atoms with Gasteiger partial charge in [-0.2, -0.15) is 0 Å². The van der Waals surface area contributed by atoms with Gasteiger partial charge in [-0.05, 0) is 77.7 Å². The van der Waals surface area contributed by atoms with Crippen molar-refractivity contribution < 1.29 is 33.3 Å². The number of rotatable bonds is 13. The zero-order chi connectivity index (χ0) is 37.6. The Labute approximate surface area is 319 Å². The molecule has 54 heavy (non-hydrogen) atoms. The van der Waals surface area contributed by atoms with Crippen LogP contribution in [0.1, 0.15) is 39.4 Å². The molecule has 1 fully saturated rings. The molecule has 1 N–H and O–H groups in total. The van der Waals surface area contributed by atoms with Gasteiger partial charge in [0.25, 0.3) is 5.78 Å². The second kappa shape index (κ2) is 16.4. The molecule has 7 rings (SSSR count). The number of Topliss-reactive ketones (excluding diaryl/α,β-unsaturated/α-hetero) is 1. The molecule has 1 atom stereocenters. The molecular weight excluding hydrogens is 726 g/mol. The van der Waals surface area contributed by atoms with E-state index in [0.29, 0.717) is 51.7 Å². The maximum atomic E-state index is 13.9. The van der Waals surface area contributed by atoms with Gasteiger partial charge >= 0.3 is 5.91 Å². The van der Waals surface area contributed by atoms with Crippen LogP contribution in [0, 0.1) is 12.7 Å². The predicted molar refractivity (Wildman–Crippen MR) is 206 cm³/mol. The molecule has 0 saturated carbocycles. The predicted octanol–water partition coefficient (Wildman–Crippen LogP) is 9.07. The molecule has 1 unspecified atom stereocenters. The van der Waals surface area contributed by atoms with E-state index in [9.17, 15) is 19.1 Å². The number of aliphatic hydroxyl groups is 1. The first-order chi connectivity index (χ1) is 26.3. The second-order valence-electron chi connectivity index (χ2n) is 12.4. The number of methoxy groups -OCH3 is 1. The summed E-state index contributed by atoms with van der Waals surface area (Å²) in [4.78, 5) is 29.0. The number of aryl methyl sites for hydroxylation is 1. The highest BCUT2D eigenvalue weighted by Gasteiger charge is 2.48. The first-order valence-electron chi connectivity index (χ1n) is 16.9. The normalized spacial score (nSPS) is 15.0. The molecule has 1 saturated heterocycles. The highest BCUT2D eigenvalue weighted by molar-refractivity contribution is 8.00. The Morgan fingerprint density at radius 3 is 2.30 bits per heavy atom. The van der Waals surface area contributed by atoms with Crippen molar-refractivity contribution in [3.63, 3.8) is 0 Å². The Balaban J connectivity index is 1.21. The van der Waals surface area contributed by atoms with Gasteiger partial charge in [0.2, 0.25) is 5.13 Å². The molecular formula is C42H34FN3O6S2. The van der Waals surface area contributed by atoms with E-state index in [-0.39, 0.29) is 22.3 Å². The van der Waals surface area contributed by atoms with Crippen molar-refractivity contribution in [3.8, 4) is 17.2 Å². The molecule has 1 aliphatic heterocycles. The monoisotopic (exact) mass is 759 g/mol. The van der Waals surface area contributed by atoms with E-state index < -0.39 is 17.7 Å². The number of anilines is 1. The molecule has 0 aliphatic carbocycles. The van der Waals surface area contributed by atoms with Crippen LogP contribution in [0.5, 0.6) is 17.2 Å². The molecule has 1 aliphatic rings. The fourth-order valence-corrected chi connectivity index (χ4v) is 7.79. The number of aromatic nitrogens is 2. The van der Waals surface area contributed by atoms with Crippen molar-refractivity contribution in [2.45, 2.75) is 36.3 Å². The van der Waals surface area contributed by atoms with Crippen LogP contribution < -0.4 is 19.1 Å². The minimum atomic E-state index is -1.08. The van der Waals surface area contributed by atoms with Gasteiger partial charge in [-0.3, -0.25) is 14.5 Å². The zero-order valence-electron chi connectivity index (χ0n) is 29.3. The number of ketones is 1. The molecule has 0 radical (unpaired) electrons. The minimum absolute atomic E-state index is 0.121. The molecule has 1 amide bonds. The smallest absolute Gasteiger partial charge is 0.301 e. The Bertz CT molecular complexity index is 2310. The summed E-state index contributed by atoms with van der Waals surface area (Å²) in [5.74, 6) is -0.539. The summed E-state index contributed by atoms with van der Waals surface area (Å²) in [5.41, 5.74) is 4.67. The number of hydrogen-bond acceptors (Lipinski definition) is 10. The van der Waals surface area contributed by atoms with Crippen molar-refractivity contribution >= 4 is 45.7 Å². The van der Waals surface area contributed by atoms with Crippen LogP contribution in [0.2, 0.25) is 0 Å². The van der Waals surface area contributed by atoms with E-state index >= 15 is 0 Å². The Kier molecular flexibility index (Phi) is 11.0. The summed E-state index contributed by atoms with van der Waals surface area (Å²) in [6.07, 6.45) is 0. The number of thioether (sulfide) groups is 1. The number of amides is 1. The summed E-state index contributed by atoms with van der Waals surface area (Å²) in [6.45, 7) is 2.67. The standard InChI is InChI=1S/C42H34FN3O6S2/c1-26-7-6-10-29(21-26)24-51-33-18-13-30(14-19-33)38(47)36-37(31-15-20-34(35(22-31)50-2)52-23-27-8-4-3-5-9-27)46(40(49)39(36)48)41-44-45-42(54-41)53-25-28-11-16-32(43)17-12-28/h3-22,37,47H,23-25H2,1-2H3. The second-order valence-corrected chi connectivity index (χ2v) is 14.6. The Morgan fingerprint density at radius 1 is 0.815 bits per heavy atom. The summed E-state index contributed by atoms with van der Waals surface area (Å²) in [5, 5.41) is 20.5. The van der Waals surface area contributed by atoms with E-state index in [1.54, 1.807) is 54.6 Å². The van der Waals surface area contributed by atoms with Crippen LogP contribution in [0.4, 0.5) is 9.52 Å². The molecule has 9 nitrogen and oxygen atoms in total. The largest absolute Gasteiger partial charge is 0.507 e. The molecule has 0 spiro atoms. The van der Waals surface area contributed by atoms with Gasteiger partial charge in [0.1, 0.15) is 30.5 Å². The van der Waals surface area contributed by atoms with Crippen LogP contribution in [-0.4, -0.2) is 34.1 Å². The van der Waals surface area contributed by atoms with E-state index in [0.717, 1.165) is 33.6 Å². The van der Waals surface area contributed by atoms with Crippen molar-refractivity contribution in [3.05, 3.63) is 166 Å².